The quantitative estimate of drug-likeness (QED) is 0.173. The molecular weight excluding hydrogens is 781 g/mol. The third-order valence-corrected chi connectivity index (χ3v) is 13.6. The molecule has 0 unspecified atom stereocenters. The van der Waals surface area contributed by atoms with Crippen LogP contribution in [0.25, 0.3) is 127 Å². The van der Waals surface area contributed by atoms with Gasteiger partial charge < -0.3 is 18.0 Å². The first-order valence-electron chi connectivity index (χ1n) is 22.1. The van der Waals surface area contributed by atoms with E-state index in [4.69, 9.17) is 8.83 Å². The minimum absolute atomic E-state index is 0.806. The lowest BCUT2D eigenvalue weighted by Crippen LogP contribution is -2.05. The highest BCUT2D eigenvalue weighted by atomic mass is 16.3. The maximum absolute atomic E-state index is 7.63. The fraction of sp³-hybridized carbons (Fsp3) is 0.0333. The predicted octanol–water partition coefficient (Wildman–Crippen LogP) is 16.5. The fourth-order valence-corrected chi connectivity index (χ4v) is 10.9. The Morgan fingerprint density at radius 1 is 0.391 bits per heavy atom. The van der Waals surface area contributed by atoms with Crippen molar-refractivity contribution >= 4 is 82.7 Å². The van der Waals surface area contributed by atoms with Gasteiger partial charge in [0, 0.05) is 60.2 Å². The average molecular weight is 819 g/mol. The summed E-state index contributed by atoms with van der Waals surface area (Å²) in [6, 6.07) is 69.9. The molecule has 0 fully saturated rings. The maximum Gasteiger partial charge on any atom is 0.159 e. The molecule has 0 bridgehead atoms. The molecule has 4 aromatic heterocycles. The van der Waals surface area contributed by atoms with E-state index in [2.05, 4.69) is 215 Å². The number of para-hydroxylation sites is 3. The number of nitrogens with zero attached hydrogens (tertiary/aromatic N) is 2. The van der Waals surface area contributed by atoms with Gasteiger partial charge in [0.15, 0.2) is 5.58 Å². The molecule has 0 saturated carbocycles. The van der Waals surface area contributed by atoms with E-state index in [1.54, 1.807) is 0 Å². The SMILES string of the molecule is C1=Cc2c(n(-c3cc(-n4c5ccccc5c5ccccc54)cc4c3oc3c(-c5ccccc5)c5oc6ccc(-c7ccccc7)cc6c5c(-c5ccccc5)c34)c3ccccc23)CC1. The van der Waals surface area contributed by atoms with Crippen LogP contribution in [0.1, 0.15) is 17.7 Å². The summed E-state index contributed by atoms with van der Waals surface area (Å²) >= 11 is 0. The molecule has 0 aliphatic heterocycles. The maximum atomic E-state index is 7.63. The van der Waals surface area contributed by atoms with Gasteiger partial charge in [-0.15, -0.1) is 0 Å². The van der Waals surface area contributed by atoms with Crippen LogP contribution in [0.4, 0.5) is 0 Å². The first-order valence-corrected chi connectivity index (χ1v) is 22.1. The van der Waals surface area contributed by atoms with Crippen LogP contribution in [0.2, 0.25) is 0 Å². The van der Waals surface area contributed by atoms with Crippen molar-refractivity contribution in [1.29, 1.82) is 0 Å². The molecule has 0 N–H and O–H groups in total. The van der Waals surface area contributed by atoms with Crippen molar-refractivity contribution in [2.75, 3.05) is 0 Å². The van der Waals surface area contributed by atoms with E-state index in [-0.39, 0.29) is 0 Å². The molecule has 300 valence electrons. The number of hydrogen-bond donors (Lipinski definition) is 0. The van der Waals surface area contributed by atoms with Crippen molar-refractivity contribution in [1.82, 2.24) is 9.13 Å². The van der Waals surface area contributed by atoms with Crippen molar-refractivity contribution in [3.05, 3.63) is 211 Å². The van der Waals surface area contributed by atoms with Crippen molar-refractivity contribution in [2.45, 2.75) is 12.8 Å². The Morgan fingerprint density at radius 3 is 1.64 bits per heavy atom. The van der Waals surface area contributed by atoms with Crippen LogP contribution >= 0.6 is 0 Å². The molecule has 0 saturated heterocycles. The standard InChI is InChI=1S/C60H38N2O2/c1-4-18-37(19-5-1)40-32-33-53-46(34-40)56-54(38-20-6-2-7-21-38)57-47-35-41(61-48-28-14-10-24-42(48)43-25-11-15-29-49(43)61)36-52(62-50-30-16-12-26-44(50)45-27-13-17-31-51(45)62)58(47)64-60(57)55(59(56)63-53)39-22-8-3-9-23-39/h1-16,18-30,32-36H,17,31H2. The Labute approximate surface area is 368 Å². The summed E-state index contributed by atoms with van der Waals surface area (Å²) in [5.74, 6) is 0. The number of aromatic nitrogens is 2. The van der Waals surface area contributed by atoms with Gasteiger partial charge in [0.1, 0.15) is 16.7 Å². The monoisotopic (exact) mass is 818 g/mol. The van der Waals surface area contributed by atoms with Gasteiger partial charge in [-0.1, -0.05) is 164 Å². The summed E-state index contributed by atoms with van der Waals surface area (Å²) in [5.41, 5.74) is 17.9. The van der Waals surface area contributed by atoms with Crippen molar-refractivity contribution in [2.24, 2.45) is 0 Å². The van der Waals surface area contributed by atoms with Gasteiger partial charge in [-0.05, 0) is 77.6 Å². The number of furan rings is 2. The Morgan fingerprint density at radius 2 is 0.953 bits per heavy atom. The second-order valence-corrected chi connectivity index (χ2v) is 17.0. The zero-order valence-corrected chi connectivity index (χ0v) is 34.8. The minimum atomic E-state index is 0.806. The average Bonchev–Trinajstić information content (AvgIpc) is 4.12. The molecule has 64 heavy (non-hydrogen) atoms. The Bertz CT molecular complexity index is 4000. The summed E-state index contributed by atoms with van der Waals surface area (Å²) in [6.07, 6.45) is 6.53. The second kappa shape index (κ2) is 13.6. The predicted molar refractivity (Wildman–Crippen MR) is 266 cm³/mol. The molecule has 0 atom stereocenters. The van der Waals surface area contributed by atoms with Crippen molar-refractivity contribution in [3.63, 3.8) is 0 Å². The van der Waals surface area contributed by atoms with Gasteiger partial charge >= 0.3 is 0 Å². The Hall–Kier alpha value is -8.34. The number of rotatable bonds is 5. The van der Waals surface area contributed by atoms with E-state index < -0.39 is 0 Å². The molecule has 14 rings (SSSR count). The molecule has 9 aromatic carbocycles. The molecule has 1 aliphatic rings. The zero-order valence-electron chi connectivity index (χ0n) is 34.8. The van der Waals surface area contributed by atoms with Crippen LogP contribution in [0.5, 0.6) is 0 Å². The zero-order chi connectivity index (χ0) is 41.9. The van der Waals surface area contributed by atoms with E-state index in [1.807, 2.05) is 0 Å². The highest BCUT2D eigenvalue weighted by Gasteiger charge is 2.30. The second-order valence-electron chi connectivity index (χ2n) is 17.0. The van der Waals surface area contributed by atoms with Crippen LogP contribution < -0.4 is 0 Å². The number of benzene rings is 9. The summed E-state index contributed by atoms with van der Waals surface area (Å²) in [7, 11) is 0. The number of allylic oxidation sites excluding steroid dienone is 1. The largest absolute Gasteiger partial charge is 0.455 e. The van der Waals surface area contributed by atoms with E-state index >= 15 is 0 Å². The Kier molecular flexibility index (Phi) is 7.48. The van der Waals surface area contributed by atoms with Crippen LogP contribution in [0, 0.1) is 0 Å². The van der Waals surface area contributed by atoms with Crippen LogP contribution in [0.3, 0.4) is 0 Å². The topological polar surface area (TPSA) is 36.1 Å². The van der Waals surface area contributed by atoms with Gasteiger partial charge in [0.25, 0.3) is 0 Å². The lowest BCUT2D eigenvalue weighted by Gasteiger charge is -2.16. The van der Waals surface area contributed by atoms with Gasteiger partial charge in [-0.2, -0.15) is 0 Å². The van der Waals surface area contributed by atoms with Gasteiger partial charge in [-0.3, -0.25) is 0 Å². The molecule has 4 nitrogen and oxygen atoms in total. The number of hydrogen-bond acceptors (Lipinski definition) is 2. The fourth-order valence-electron chi connectivity index (χ4n) is 10.9. The smallest absolute Gasteiger partial charge is 0.159 e. The molecule has 1 aliphatic carbocycles. The first-order chi connectivity index (χ1) is 31.8. The van der Waals surface area contributed by atoms with Gasteiger partial charge in [0.05, 0.1) is 27.8 Å². The first kappa shape index (κ1) is 35.3. The molecule has 0 radical (unpaired) electrons. The van der Waals surface area contributed by atoms with E-state index in [0.29, 0.717) is 0 Å². The summed E-state index contributed by atoms with van der Waals surface area (Å²) in [6.45, 7) is 0. The van der Waals surface area contributed by atoms with E-state index in [1.165, 1.54) is 32.9 Å². The van der Waals surface area contributed by atoms with Gasteiger partial charge in [-0.25, -0.2) is 0 Å². The lowest BCUT2D eigenvalue weighted by molar-refractivity contribution is 0.656. The summed E-state index contributed by atoms with van der Waals surface area (Å²) < 4.78 is 19.7. The van der Waals surface area contributed by atoms with Crippen LogP contribution in [-0.4, -0.2) is 9.13 Å². The van der Waals surface area contributed by atoms with Crippen molar-refractivity contribution < 1.29 is 8.83 Å². The highest BCUT2D eigenvalue weighted by Crippen LogP contribution is 2.53. The summed E-state index contributed by atoms with van der Waals surface area (Å²) in [5, 5.41) is 7.95. The lowest BCUT2D eigenvalue weighted by atomic mass is 9.89. The van der Waals surface area contributed by atoms with E-state index in [0.717, 1.165) is 113 Å². The summed E-state index contributed by atoms with van der Waals surface area (Å²) in [4.78, 5) is 0. The number of fused-ring (bicyclic) bond motifs is 12. The third-order valence-electron chi connectivity index (χ3n) is 13.6. The Balaban J connectivity index is 1.23. The molecule has 0 spiro atoms. The minimum Gasteiger partial charge on any atom is -0.455 e. The molecule has 13 aromatic rings. The van der Waals surface area contributed by atoms with Gasteiger partial charge in [0.2, 0.25) is 0 Å². The molecule has 4 heteroatoms. The molecular formula is C60H38N2O2. The third kappa shape index (κ3) is 4.99. The van der Waals surface area contributed by atoms with E-state index in [9.17, 15) is 0 Å². The molecule has 0 amide bonds. The molecule has 4 heterocycles. The van der Waals surface area contributed by atoms with Crippen LogP contribution in [0.15, 0.2) is 209 Å². The van der Waals surface area contributed by atoms with Crippen LogP contribution in [-0.2, 0) is 6.42 Å². The van der Waals surface area contributed by atoms with Crippen molar-refractivity contribution in [3.8, 4) is 44.8 Å². The normalized spacial score (nSPS) is 12.8. The highest BCUT2D eigenvalue weighted by molar-refractivity contribution is 6.31.